The zero-order valence-corrected chi connectivity index (χ0v) is 24.3. The van der Waals surface area contributed by atoms with Crippen molar-refractivity contribution in [2.45, 2.75) is 35.6 Å². The summed E-state index contributed by atoms with van der Waals surface area (Å²) < 4.78 is 11.2. The van der Waals surface area contributed by atoms with Crippen LogP contribution in [0.3, 0.4) is 0 Å². The molecule has 6 rings (SSSR count). The molecule has 2 aliphatic heterocycles. The van der Waals surface area contributed by atoms with E-state index < -0.39 is 23.7 Å². The van der Waals surface area contributed by atoms with Crippen LogP contribution >= 0.6 is 23.1 Å². The van der Waals surface area contributed by atoms with Gasteiger partial charge in [0.25, 0.3) is 5.78 Å². The van der Waals surface area contributed by atoms with Gasteiger partial charge in [0.05, 0.1) is 24.3 Å². The largest absolute Gasteiger partial charge is 0.507 e. The number of benzene rings is 3. The van der Waals surface area contributed by atoms with E-state index in [0.29, 0.717) is 33.2 Å². The molecular formula is C31H25N3O6S2. The second-order valence-corrected chi connectivity index (χ2v) is 12.0. The van der Waals surface area contributed by atoms with Crippen molar-refractivity contribution in [3.8, 4) is 5.75 Å². The fraction of sp³-hybridized carbons (Fsp3) is 0.194. The highest BCUT2D eigenvalue weighted by Gasteiger charge is 2.48. The molecule has 1 amide bonds. The molecule has 1 fully saturated rings. The van der Waals surface area contributed by atoms with Crippen molar-refractivity contribution in [1.29, 1.82) is 0 Å². The number of ketones is 1. The summed E-state index contributed by atoms with van der Waals surface area (Å²) in [6, 6.07) is 20.5. The van der Waals surface area contributed by atoms with Gasteiger partial charge in [-0.1, -0.05) is 65.6 Å². The predicted octanol–water partition coefficient (Wildman–Crippen LogP) is 5.57. The Labute approximate surface area is 249 Å². The lowest BCUT2D eigenvalue weighted by Crippen LogP contribution is -2.29. The van der Waals surface area contributed by atoms with Crippen molar-refractivity contribution in [3.63, 3.8) is 0 Å². The Morgan fingerprint density at radius 2 is 1.81 bits per heavy atom. The third-order valence-corrected chi connectivity index (χ3v) is 9.20. The monoisotopic (exact) mass is 599 g/mol. The average molecular weight is 600 g/mol. The number of rotatable bonds is 7. The number of aliphatic hydroxyl groups excluding tert-OH is 1. The minimum absolute atomic E-state index is 0.00246. The summed E-state index contributed by atoms with van der Waals surface area (Å²) in [5.74, 6) is -1.10. The molecule has 2 aliphatic rings. The minimum atomic E-state index is -1.000. The predicted molar refractivity (Wildman–Crippen MR) is 159 cm³/mol. The molecule has 1 N–H and O–H groups in total. The van der Waals surface area contributed by atoms with Gasteiger partial charge in [-0.25, -0.2) is 4.79 Å². The van der Waals surface area contributed by atoms with E-state index in [4.69, 9.17) is 9.47 Å². The van der Waals surface area contributed by atoms with Crippen LogP contribution in [0.5, 0.6) is 5.75 Å². The van der Waals surface area contributed by atoms with E-state index in [9.17, 15) is 19.5 Å². The maximum atomic E-state index is 13.6. The molecule has 0 aliphatic carbocycles. The molecule has 9 nitrogen and oxygen atoms in total. The first-order valence-electron chi connectivity index (χ1n) is 13.1. The molecule has 42 heavy (non-hydrogen) atoms. The van der Waals surface area contributed by atoms with Crippen molar-refractivity contribution < 1.29 is 29.0 Å². The van der Waals surface area contributed by atoms with Crippen LogP contribution in [0, 0.1) is 0 Å². The number of amides is 1. The SMILES string of the molecule is COC(=O)c1ccc([C@H]2C(=C(O)c3ccc4c(c3)C[C@H](C)O4)C(=O)C(=O)N2c2nnc(SCc3ccccc3)s2)cc1. The lowest BCUT2D eigenvalue weighted by Gasteiger charge is -2.22. The molecular weight excluding hydrogens is 574 g/mol. The Morgan fingerprint density at radius 1 is 1.07 bits per heavy atom. The highest BCUT2D eigenvalue weighted by molar-refractivity contribution is 8.00. The number of ether oxygens (including phenoxy) is 2. The summed E-state index contributed by atoms with van der Waals surface area (Å²) in [5, 5.41) is 20.3. The Bertz CT molecular complexity index is 1720. The summed E-state index contributed by atoms with van der Waals surface area (Å²) >= 11 is 2.66. The molecule has 2 atom stereocenters. The number of hydrogen-bond acceptors (Lipinski definition) is 10. The van der Waals surface area contributed by atoms with Crippen molar-refractivity contribution >= 4 is 51.6 Å². The highest BCUT2D eigenvalue weighted by Crippen LogP contribution is 2.44. The molecule has 3 aromatic carbocycles. The topological polar surface area (TPSA) is 119 Å². The smallest absolute Gasteiger partial charge is 0.337 e. The van der Waals surface area contributed by atoms with Gasteiger partial charge in [-0.05, 0) is 53.9 Å². The lowest BCUT2D eigenvalue weighted by molar-refractivity contribution is -0.132. The first kappa shape index (κ1) is 27.7. The average Bonchev–Trinajstić information content (AvgIpc) is 3.70. The van der Waals surface area contributed by atoms with Crippen molar-refractivity contribution in [2.75, 3.05) is 12.0 Å². The van der Waals surface area contributed by atoms with Crippen LogP contribution in [-0.4, -0.2) is 46.2 Å². The Kier molecular flexibility index (Phi) is 7.53. The van der Waals surface area contributed by atoms with E-state index >= 15 is 0 Å². The van der Waals surface area contributed by atoms with Gasteiger partial charge in [0.1, 0.15) is 17.6 Å². The van der Waals surface area contributed by atoms with Crippen LogP contribution in [0.2, 0.25) is 0 Å². The number of thioether (sulfide) groups is 1. The van der Waals surface area contributed by atoms with Crippen LogP contribution in [0.25, 0.3) is 5.76 Å². The molecule has 11 heteroatoms. The third kappa shape index (κ3) is 5.17. The fourth-order valence-corrected chi connectivity index (χ4v) is 6.89. The first-order valence-corrected chi connectivity index (χ1v) is 14.9. The maximum Gasteiger partial charge on any atom is 0.337 e. The Hall–Kier alpha value is -4.48. The summed E-state index contributed by atoms with van der Waals surface area (Å²) in [7, 11) is 1.29. The van der Waals surface area contributed by atoms with Crippen LogP contribution < -0.4 is 9.64 Å². The second kappa shape index (κ2) is 11.4. The number of anilines is 1. The van der Waals surface area contributed by atoms with Crippen LogP contribution in [-0.2, 0) is 26.5 Å². The molecule has 0 saturated carbocycles. The number of carbonyl (C=O) groups is 3. The quantitative estimate of drug-likeness (QED) is 0.0727. The molecule has 3 heterocycles. The Balaban J connectivity index is 1.40. The van der Waals surface area contributed by atoms with Crippen LogP contribution in [0.15, 0.2) is 82.7 Å². The number of nitrogens with zero attached hydrogens (tertiary/aromatic N) is 3. The molecule has 1 saturated heterocycles. The molecule has 0 radical (unpaired) electrons. The van der Waals surface area contributed by atoms with Crippen LogP contribution in [0.4, 0.5) is 5.13 Å². The Morgan fingerprint density at radius 3 is 2.55 bits per heavy atom. The minimum Gasteiger partial charge on any atom is -0.507 e. The number of hydrogen-bond donors (Lipinski definition) is 1. The van der Waals surface area contributed by atoms with Crippen molar-refractivity contribution in [1.82, 2.24) is 10.2 Å². The summed E-state index contributed by atoms with van der Waals surface area (Å²) in [5.41, 5.74) is 3.16. The fourth-order valence-electron chi connectivity index (χ4n) is 5.07. The number of Topliss-reactive ketones (excluding diaryl/α,β-unsaturated/α-hetero) is 1. The van der Waals surface area contributed by atoms with E-state index in [1.54, 1.807) is 42.5 Å². The van der Waals surface area contributed by atoms with Gasteiger partial charge < -0.3 is 14.6 Å². The standard InChI is InChI=1S/C31H25N3O6S2/c1-17-14-22-15-21(12-13-23(22)40-17)26(35)24-25(19-8-10-20(11-9-19)29(38)39-2)34(28(37)27(24)36)30-32-33-31(42-30)41-16-18-6-4-3-5-7-18/h3-13,15,17,25,35H,14,16H2,1-2H3/t17-,25-/m0/s1. The molecule has 4 aromatic rings. The van der Waals surface area contributed by atoms with E-state index in [2.05, 4.69) is 10.2 Å². The van der Waals surface area contributed by atoms with E-state index in [-0.39, 0.29) is 22.6 Å². The summed E-state index contributed by atoms with van der Waals surface area (Å²) in [6.45, 7) is 1.96. The van der Waals surface area contributed by atoms with E-state index in [1.807, 2.05) is 37.3 Å². The van der Waals surface area contributed by atoms with Gasteiger partial charge in [-0.2, -0.15) is 0 Å². The normalized spacial score (nSPS) is 19.0. The second-order valence-electron chi connectivity index (χ2n) is 9.86. The van der Waals surface area contributed by atoms with Gasteiger partial charge in [0.2, 0.25) is 5.13 Å². The highest BCUT2D eigenvalue weighted by atomic mass is 32.2. The van der Waals surface area contributed by atoms with Gasteiger partial charge in [-0.15, -0.1) is 10.2 Å². The summed E-state index contributed by atoms with van der Waals surface area (Å²) in [4.78, 5) is 40.4. The third-order valence-electron chi connectivity index (χ3n) is 7.07. The van der Waals surface area contributed by atoms with E-state index in [1.165, 1.54) is 35.1 Å². The molecule has 1 aromatic heterocycles. The number of methoxy groups -OCH3 is 1. The van der Waals surface area contributed by atoms with Gasteiger partial charge >= 0.3 is 11.9 Å². The van der Waals surface area contributed by atoms with Gasteiger partial charge in [-0.3, -0.25) is 14.5 Å². The zero-order chi connectivity index (χ0) is 29.4. The van der Waals surface area contributed by atoms with Gasteiger partial charge in [0.15, 0.2) is 4.34 Å². The molecule has 212 valence electrons. The van der Waals surface area contributed by atoms with Crippen LogP contribution in [0.1, 0.15) is 45.6 Å². The first-order chi connectivity index (χ1) is 20.3. The number of carbonyl (C=O) groups excluding carboxylic acids is 3. The van der Waals surface area contributed by atoms with E-state index in [0.717, 1.165) is 16.9 Å². The molecule has 0 bridgehead atoms. The van der Waals surface area contributed by atoms with Gasteiger partial charge in [0, 0.05) is 17.7 Å². The number of fused-ring (bicyclic) bond motifs is 1. The molecule has 0 unspecified atom stereocenters. The lowest BCUT2D eigenvalue weighted by atomic mass is 9.94. The zero-order valence-electron chi connectivity index (χ0n) is 22.6. The number of aromatic nitrogens is 2. The summed E-state index contributed by atoms with van der Waals surface area (Å²) in [6.07, 6.45) is 0.667. The number of aliphatic hydroxyl groups is 1. The van der Waals surface area contributed by atoms with Crippen molar-refractivity contribution in [2.24, 2.45) is 0 Å². The number of esters is 1. The molecule has 0 spiro atoms. The maximum absolute atomic E-state index is 13.6. The van der Waals surface area contributed by atoms with Crippen molar-refractivity contribution in [3.05, 3.63) is 106 Å².